The molecule has 1 aliphatic heterocycles. The predicted octanol–water partition coefficient (Wildman–Crippen LogP) is -1.51. The number of nitrogens with zero attached hydrogens (tertiary/aromatic N) is 1. The van der Waals surface area contributed by atoms with Crippen LogP contribution < -0.4 is 16.0 Å². The maximum atomic E-state index is 12.0. The largest absolute Gasteiger partial charge is 0.336 e. The van der Waals surface area contributed by atoms with Gasteiger partial charge in [0.2, 0.25) is 11.8 Å². The Morgan fingerprint density at radius 3 is 2.24 bits per heavy atom. The van der Waals surface area contributed by atoms with Gasteiger partial charge < -0.3 is 16.0 Å². The highest BCUT2D eigenvalue weighted by Crippen LogP contribution is 2.09. The van der Waals surface area contributed by atoms with E-state index in [0.29, 0.717) is 13.0 Å². The topological polar surface area (TPSA) is 108 Å². The molecule has 0 bridgehead atoms. The summed E-state index contributed by atoms with van der Waals surface area (Å²) in [5.41, 5.74) is 0. The van der Waals surface area contributed by atoms with Crippen LogP contribution in [-0.2, 0) is 19.2 Å². The van der Waals surface area contributed by atoms with Crippen LogP contribution in [-0.4, -0.2) is 54.3 Å². The van der Waals surface area contributed by atoms with Gasteiger partial charge >= 0.3 is 0 Å². The number of carbonyl (C=O) groups excluding carboxylic acids is 4. The molecule has 0 radical (unpaired) electrons. The Bertz CT molecular complexity index is 457. The first-order valence-electron chi connectivity index (χ1n) is 6.66. The monoisotopic (exact) mass is 296 g/mol. The van der Waals surface area contributed by atoms with Crippen molar-refractivity contribution in [1.29, 1.82) is 0 Å². The quantitative estimate of drug-likeness (QED) is 0.391. The summed E-state index contributed by atoms with van der Waals surface area (Å²) in [7, 11) is 1.73. The number of amides is 4. The summed E-state index contributed by atoms with van der Waals surface area (Å²) in [6.07, 6.45) is 1.94. The van der Waals surface area contributed by atoms with Gasteiger partial charge in [0, 0.05) is 25.1 Å². The fourth-order valence-electron chi connectivity index (χ4n) is 1.83. The summed E-state index contributed by atoms with van der Waals surface area (Å²) in [6.45, 7) is 3.59. The molecule has 0 aromatic carbocycles. The molecule has 116 valence electrons. The number of hydrogen-bond acceptors (Lipinski definition) is 5. The Kier molecular flexibility index (Phi) is 6.04. The molecule has 0 aromatic heterocycles. The molecule has 8 nitrogen and oxygen atoms in total. The standard InChI is InChI=1S/C13H20N4O4/c1-8(17-11(19)4-5-12(17)20)13(21)16-9(2)15-10(18)6-7-14-3/h4-5,8-9,14H,6-7H2,1-3H3,(H,15,18)(H,16,21). The van der Waals surface area contributed by atoms with E-state index < -0.39 is 29.9 Å². The summed E-state index contributed by atoms with van der Waals surface area (Å²) < 4.78 is 0. The van der Waals surface area contributed by atoms with E-state index in [1.165, 1.54) is 6.92 Å². The molecule has 0 spiro atoms. The zero-order valence-corrected chi connectivity index (χ0v) is 12.3. The minimum Gasteiger partial charge on any atom is -0.336 e. The van der Waals surface area contributed by atoms with Crippen molar-refractivity contribution >= 4 is 23.6 Å². The van der Waals surface area contributed by atoms with Gasteiger partial charge in [-0.15, -0.1) is 0 Å². The molecule has 1 heterocycles. The Balaban J connectivity index is 2.47. The van der Waals surface area contributed by atoms with Crippen molar-refractivity contribution in [2.75, 3.05) is 13.6 Å². The molecular weight excluding hydrogens is 276 g/mol. The molecule has 3 N–H and O–H groups in total. The Morgan fingerprint density at radius 1 is 1.14 bits per heavy atom. The molecule has 2 atom stereocenters. The lowest BCUT2D eigenvalue weighted by molar-refractivity contribution is -0.145. The van der Waals surface area contributed by atoms with Gasteiger partial charge in [0.25, 0.3) is 11.8 Å². The molecule has 2 unspecified atom stereocenters. The number of hydrogen-bond donors (Lipinski definition) is 3. The predicted molar refractivity (Wildman–Crippen MR) is 74.7 cm³/mol. The Hall–Kier alpha value is -2.22. The van der Waals surface area contributed by atoms with E-state index >= 15 is 0 Å². The van der Waals surface area contributed by atoms with Gasteiger partial charge in [-0.05, 0) is 20.9 Å². The third-order valence-corrected chi connectivity index (χ3v) is 2.95. The van der Waals surface area contributed by atoms with Crippen LogP contribution in [0.4, 0.5) is 0 Å². The van der Waals surface area contributed by atoms with Crippen LogP contribution in [0.1, 0.15) is 20.3 Å². The average molecular weight is 296 g/mol. The molecule has 21 heavy (non-hydrogen) atoms. The minimum absolute atomic E-state index is 0.209. The molecule has 1 rings (SSSR count). The first-order chi connectivity index (χ1) is 9.86. The summed E-state index contributed by atoms with van der Waals surface area (Å²) in [5, 5.41) is 7.98. The van der Waals surface area contributed by atoms with Gasteiger partial charge in [0.05, 0.1) is 6.17 Å². The highest BCUT2D eigenvalue weighted by Gasteiger charge is 2.33. The van der Waals surface area contributed by atoms with Crippen LogP contribution in [0, 0.1) is 0 Å². The van der Waals surface area contributed by atoms with E-state index in [-0.39, 0.29) is 5.91 Å². The van der Waals surface area contributed by atoms with Gasteiger partial charge in [-0.25, -0.2) is 0 Å². The normalized spacial score (nSPS) is 16.8. The van der Waals surface area contributed by atoms with Gasteiger partial charge in [-0.3, -0.25) is 24.1 Å². The third-order valence-electron chi connectivity index (χ3n) is 2.95. The average Bonchev–Trinajstić information content (AvgIpc) is 2.74. The summed E-state index contributed by atoms with van der Waals surface area (Å²) in [5.74, 6) is -1.76. The van der Waals surface area contributed by atoms with Crippen molar-refractivity contribution in [2.24, 2.45) is 0 Å². The Morgan fingerprint density at radius 2 is 1.71 bits per heavy atom. The van der Waals surface area contributed by atoms with Gasteiger partial charge in [-0.2, -0.15) is 0 Å². The van der Waals surface area contributed by atoms with Crippen LogP contribution in [0.5, 0.6) is 0 Å². The van der Waals surface area contributed by atoms with E-state index in [1.54, 1.807) is 14.0 Å². The fourth-order valence-corrected chi connectivity index (χ4v) is 1.83. The first kappa shape index (κ1) is 16.8. The fraction of sp³-hybridized carbons (Fsp3) is 0.538. The lowest BCUT2D eigenvalue weighted by Crippen LogP contribution is -2.53. The minimum atomic E-state index is -0.934. The highest BCUT2D eigenvalue weighted by molar-refractivity contribution is 6.15. The summed E-state index contributed by atoms with van der Waals surface area (Å²) >= 11 is 0. The lowest BCUT2D eigenvalue weighted by Gasteiger charge is -2.24. The van der Waals surface area contributed by atoms with Gasteiger partial charge in [0.15, 0.2) is 0 Å². The molecule has 0 fully saturated rings. The van der Waals surface area contributed by atoms with Crippen molar-refractivity contribution in [3.05, 3.63) is 12.2 Å². The van der Waals surface area contributed by atoms with Gasteiger partial charge in [-0.1, -0.05) is 0 Å². The maximum Gasteiger partial charge on any atom is 0.254 e. The second-order valence-corrected chi connectivity index (χ2v) is 4.71. The second kappa shape index (κ2) is 7.53. The third kappa shape index (κ3) is 4.67. The molecule has 0 saturated carbocycles. The molecule has 0 aromatic rings. The van der Waals surface area contributed by atoms with E-state index in [1.807, 2.05) is 0 Å². The van der Waals surface area contributed by atoms with Crippen LogP contribution in [0.3, 0.4) is 0 Å². The highest BCUT2D eigenvalue weighted by atomic mass is 16.2. The van der Waals surface area contributed by atoms with Crippen LogP contribution in [0.25, 0.3) is 0 Å². The Labute approximate surface area is 122 Å². The smallest absolute Gasteiger partial charge is 0.254 e. The van der Waals surface area contributed by atoms with Crippen molar-refractivity contribution in [3.63, 3.8) is 0 Å². The van der Waals surface area contributed by atoms with Crippen LogP contribution >= 0.6 is 0 Å². The lowest BCUT2D eigenvalue weighted by atomic mass is 10.2. The zero-order chi connectivity index (χ0) is 16.0. The molecule has 1 aliphatic rings. The van der Waals surface area contributed by atoms with Crippen molar-refractivity contribution in [2.45, 2.75) is 32.5 Å². The SMILES string of the molecule is CNCCC(=O)NC(C)NC(=O)C(C)N1C(=O)C=CC1=O. The second-order valence-electron chi connectivity index (χ2n) is 4.71. The summed E-state index contributed by atoms with van der Waals surface area (Å²) in [6, 6.07) is -0.934. The van der Waals surface area contributed by atoms with Crippen LogP contribution in [0.2, 0.25) is 0 Å². The van der Waals surface area contributed by atoms with Gasteiger partial charge in [0.1, 0.15) is 6.04 Å². The van der Waals surface area contributed by atoms with Crippen molar-refractivity contribution < 1.29 is 19.2 Å². The van der Waals surface area contributed by atoms with E-state index in [9.17, 15) is 19.2 Å². The van der Waals surface area contributed by atoms with Crippen molar-refractivity contribution in [3.8, 4) is 0 Å². The number of nitrogens with one attached hydrogen (secondary N) is 3. The van der Waals surface area contributed by atoms with Crippen LogP contribution in [0.15, 0.2) is 12.2 Å². The molecule has 8 heteroatoms. The van der Waals surface area contributed by atoms with Crippen molar-refractivity contribution in [1.82, 2.24) is 20.9 Å². The molecule has 4 amide bonds. The number of carbonyl (C=O) groups is 4. The summed E-state index contributed by atoms with van der Waals surface area (Å²) in [4.78, 5) is 47.3. The molecule has 0 aliphatic carbocycles. The zero-order valence-electron chi connectivity index (χ0n) is 12.3. The maximum absolute atomic E-state index is 12.0. The van der Waals surface area contributed by atoms with E-state index in [0.717, 1.165) is 17.1 Å². The van der Waals surface area contributed by atoms with E-state index in [2.05, 4.69) is 16.0 Å². The van der Waals surface area contributed by atoms with E-state index in [4.69, 9.17) is 0 Å². The molecular formula is C13H20N4O4. The molecule has 0 saturated heterocycles. The number of rotatable bonds is 7. The first-order valence-corrected chi connectivity index (χ1v) is 6.66. The number of imide groups is 1.